The zero-order valence-corrected chi connectivity index (χ0v) is 23.9. The van der Waals surface area contributed by atoms with Crippen LogP contribution in [0.25, 0.3) is 11.2 Å². The smallest absolute Gasteiger partial charge is 0.338 e. The van der Waals surface area contributed by atoms with Gasteiger partial charge in [-0.3, -0.25) is 14.2 Å². The molecule has 3 heterocycles. The molecular formula is C33H28FN5O5. The first-order valence-electron chi connectivity index (χ1n) is 14.2. The SMILES string of the molecule is CC[C@H]1O[C@@H](n2cnc3c(N(C(=O)c4ccccc4)C(=O)c4ccccc4)nc(F)nc32)[C@H](OC(=O)c2ccccc2)[C@@H]1C. The lowest BCUT2D eigenvalue weighted by Crippen LogP contribution is -2.38. The summed E-state index contributed by atoms with van der Waals surface area (Å²) in [5.74, 6) is -2.53. The molecule has 1 aliphatic rings. The van der Waals surface area contributed by atoms with E-state index in [1.54, 1.807) is 91.0 Å². The van der Waals surface area contributed by atoms with Crippen LogP contribution in [-0.2, 0) is 9.47 Å². The van der Waals surface area contributed by atoms with Crippen molar-refractivity contribution in [3.8, 4) is 0 Å². The molecule has 0 radical (unpaired) electrons. The molecule has 4 atom stereocenters. The molecule has 1 aliphatic heterocycles. The van der Waals surface area contributed by atoms with Crippen LogP contribution in [0.5, 0.6) is 0 Å². The van der Waals surface area contributed by atoms with E-state index in [4.69, 9.17) is 9.47 Å². The number of aromatic nitrogens is 4. The molecule has 2 amide bonds. The average molecular weight is 594 g/mol. The standard InChI is InChI=1S/C33H28FN5O5/c1-3-24-20(2)26(44-32(42)23-17-11-6-12-18-23)31(43-24)38-19-35-25-27(38)36-33(34)37-28(25)39(29(40)21-13-7-4-8-14-21)30(41)22-15-9-5-10-16-22/h4-20,24,26,31H,3H2,1-2H3/t20-,24-,26-,31-/m1/s1. The fourth-order valence-electron chi connectivity index (χ4n) is 5.40. The Bertz CT molecular complexity index is 1760. The summed E-state index contributed by atoms with van der Waals surface area (Å²) >= 11 is 0. The quantitative estimate of drug-likeness (QED) is 0.136. The third-order valence-corrected chi connectivity index (χ3v) is 7.66. The zero-order chi connectivity index (χ0) is 30.8. The first-order valence-corrected chi connectivity index (χ1v) is 14.2. The number of hydrogen-bond acceptors (Lipinski definition) is 8. The maximum Gasteiger partial charge on any atom is 0.338 e. The maximum atomic E-state index is 15.2. The minimum atomic E-state index is -1.18. The zero-order valence-electron chi connectivity index (χ0n) is 23.9. The van der Waals surface area contributed by atoms with E-state index < -0.39 is 36.2 Å². The summed E-state index contributed by atoms with van der Waals surface area (Å²) in [6.07, 6.45) is -1.18. The van der Waals surface area contributed by atoms with Crippen LogP contribution >= 0.6 is 0 Å². The van der Waals surface area contributed by atoms with Crippen molar-refractivity contribution in [2.45, 2.75) is 38.7 Å². The molecule has 2 aromatic heterocycles. The van der Waals surface area contributed by atoms with Gasteiger partial charge in [0.25, 0.3) is 11.8 Å². The predicted molar refractivity (Wildman–Crippen MR) is 158 cm³/mol. The molecule has 1 saturated heterocycles. The summed E-state index contributed by atoms with van der Waals surface area (Å²) in [7, 11) is 0. The number of anilines is 1. The number of benzene rings is 3. The number of esters is 1. The van der Waals surface area contributed by atoms with Gasteiger partial charge in [0.15, 0.2) is 29.3 Å². The van der Waals surface area contributed by atoms with Crippen molar-refractivity contribution in [2.75, 3.05) is 4.90 Å². The highest BCUT2D eigenvalue weighted by molar-refractivity contribution is 6.27. The van der Waals surface area contributed by atoms with E-state index in [-0.39, 0.29) is 40.1 Å². The second-order valence-electron chi connectivity index (χ2n) is 10.4. The highest BCUT2D eigenvalue weighted by atomic mass is 19.1. The van der Waals surface area contributed by atoms with Crippen LogP contribution in [0.1, 0.15) is 57.6 Å². The Hall–Kier alpha value is -5.29. The van der Waals surface area contributed by atoms with Crippen LogP contribution in [-0.4, -0.2) is 49.5 Å². The molecule has 0 saturated carbocycles. The van der Waals surface area contributed by atoms with E-state index in [1.807, 2.05) is 13.8 Å². The number of amides is 2. The first-order chi connectivity index (χ1) is 21.4. The van der Waals surface area contributed by atoms with Gasteiger partial charge in [-0.25, -0.2) is 14.7 Å². The van der Waals surface area contributed by atoms with E-state index in [0.717, 1.165) is 4.90 Å². The second kappa shape index (κ2) is 12.1. The van der Waals surface area contributed by atoms with Crippen molar-refractivity contribution in [2.24, 2.45) is 5.92 Å². The molecule has 3 aromatic carbocycles. The van der Waals surface area contributed by atoms with Gasteiger partial charge in [-0.1, -0.05) is 68.4 Å². The molecule has 222 valence electrons. The van der Waals surface area contributed by atoms with Crippen molar-refractivity contribution in [1.29, 1.82) is 0 Å². The number of hydrogen-bond donors (Lipinski definition) is 0. The Balaban J connectivity index is 1.45. The Morgan fingerprint density at radius 1 is 0.864 bits per heavy atom. The van der Waals surface area contributed by atoms with Crippen LogP contribution in [0.3, 0.4) is 0 Å². The molecule has 0 bridgehead atoms. The number of fused-ring (bicyclic) bond motifs is 1. The number of rotatable bonds is 7. The molecule has 0 unspecified atom stereocenters. The fourth-order valence-corrected chi connectivity index (χ4v) is 5.40. The molecule has 0 aliphatic carbocycles. The van der Waals surface area contributed by atoms with Crippen LogP contribution in [0.4, 0.5) is 10.2 Å². The molecule has 5 aromatic rings. The lowest BCUT2D eigenvalue weighted by atomic mass is 9.98. The summed E-state index contributed by atoms with van der Waals surface area (Å²) in [5.41, 5.74) is 0.710. The molecule has 11 heteroatoms. The van der Waals surface area contributed by atoms with E-state index in [1.165, 1.54) is 10.9 Å². The third-order valence-electron chi connectivity index (χ3n) is 7.66. The van der Waals surface area contributed by atoms with Crippen molar-refractivity contribution in [3.05, 3.63) is 120 Å². The van der Waals surface area contributed by atoms with Gasteiger partial charge in [0.2, 0.25) is 0 Å². The number of halogens is 1. The molecule has 0 N–H and O–H groups in total. The minimum Gasteiger partial charge on any atom is -0.454 e. The van der Waals surface area contributed by atoms with Crippen LogP contribution < -0.4 is 4.90 Å². The Labute approximate surface area is 252 Å². The van der Waals surface area contributed by atoms with Crippen molar-refractivity contribution in [3.63, 3.8) is 0 Å². The number of imide groups is 1. The van der Waals surface area contributed by atoms with Crippen molar-refractivity contribution >= 4 is 34.8 Å². The van der Waals surface area contributed by atoms with Crippen LogP contribution in [0, 0.1) is 12.0 Å². The van der Waals surface area contributed by atoms with Gasteiger partial charge in [-0.2, -0.15) is 14.4 Å². The van der Waals surface area contributed by atoms with E-state index in [2.05, 4.69) is 15.0 Å². The molecule has 0 spiro atoms. The number of carbonyl (C=O) groups is 3. The largest absolute Gasteiger partial charge is 0.454 e. The normalized spacial score (nSPS) is 19.5. The molecular weight excluding hydrogens is 565 g/mol. The third kappa shape index (κ3) is 5.33. The summed E-state index contributed by atoms with van der Waals surface area (Å²) in [5, 5.41) is 0. The monoisotopic (exact) mass is 593 g/mol. The molecule has 44 heavy (non-hydrogen) atoms. The van der Waals surface area contributed by atoms with E-state index in [9.17, 15) is 14.4 Å². The van der Waals surface area contributed by atoms with Crippen molar-refractivity contribution in [1.82, 2.24) is 19.5 Å². The fraction of sp³-hybridized carbons (Fsp3) is 0.212. The van der Waals surface area contributed by atoms with Crippen molar-refractivity contribution < 1.29 is 28.2 Å². The topological polar surface area (TPSA) is 117 Å². The van der Waals surface area contributed by atoms with Gasteiger partial charge >= 0.3 is 12.0 Å². The minimum absolute atomic E-state index is 0.00991. The Morgan fingerprint density at radius 2 is 1.41 bits per heavy atom. The van der Waals surface area contributed by atoms with E-state index >= 15 is 4.39 Å². The number of imidazole rings is 1. The van der Waals surface area contributed by atoms with Gasteiger partial charge in [0, 0.05) is 17.0 Å². The molecule has 1 fully saturated rings. The van der Waals surface area contributed by atoms with Crippen LogP contribution in [0.2, 0.25) is 0 Å². The summed E-state index contributed by atoms with van der Waals surface area (Å²) in [4.78, 5) is 53.8. The second-order valence-corrected chi connectivity index (χ2v) is 10.4. The first kappa shape index (κ1) is 28.8. The van der Waals surface area contributed by atoms with Crippen LogP contribution in [0.15, 0.2) is 97.3 Å². The number of carbonyl (C=O) groups excluding carboxylic acids is 3. The lowest BCUT2D eigenvalue weighted by molar-refractivity contribution is -0.0469. The number of ether oxygens (including phenoxy) is 2. The summed E-state index contributed by atoms with van der Waals surface area (Å²) in [6.45, 7) is 3.86. The molecule has 10 nitrogen and oxygen atoms in total. The summed E-state index contributed by atoms with van der Waals surface area (Å²) in [6, 6.07) is 24.9. The van der Waals surface area contributed by atoms with Gasteiger partial charge in [-0.15, -0.1) is 0 Å². The van der Waals surface area contributed by atoms with Gasteiger partial charge in [-0.05, 0) is 42.8 Å². The van der Waals surface area contributed by atoms with E-state index in [0.29, 0.717) is 12.0 Å². The van der Waals surface area contributed by atoms with Gasteiger partial charge < -0.3 is 9.47 Å². The maximum absolute atomic E-state index is 15.2. The average Bonchev–Trinajstić information content (AvgIpc) is 3.62. The molecule has 6 rings (SSSR count). The van der Waals surface area contributed by atoms with Gasteiger partial charge in [0.05, 0.1) is 18.0 Å². The Morgan fingerprint density at radius 3 is 1.95 bits per heavy atom. The highest BCUT2D eigenvalue weighted by Gasteiger charge is 2.46. The summed E-state index contributed by atoms with van der Waals surface area (Å²) < 4.78 is 29.0. The predicted octanol–water partition coefficient (Wildman–Crippen LogP) is 5.62. The lowest BCUT2D eigenvalue weighted by Gasteiger charge is -2.23. The number of nitrogens with zero attached hydrogens (tertiary/aromatic N) is 5. The Kier molecular flexibility index (Phi) is 7.95. The highest BCUT2D eigenvalue weighted by Crippen LogP contribution is 2.40. The van der Waals surface area contributed by atoms with Gasteiger partial charge in [0.1, 0.15) is 0 Å².